The van der Waals surface area contributed by atoms with Gasteiger partial charge in [-0.1, -0.05) is 6.92 Å². The predicted molar refractivity (Wildman–Crippen MR) is 79.5 cm³/mol. The molecule has 0 spiro atoms. The molecule has 1 aliphatic carbocycles. The largest absolute Gasteiger partial charge is 0.482 e. The average Bonchev–Trinajstić information content (AvgIpc) is 2.49. The van der Waals surface area contributed by atoms with Gasteiger partial charge in [-0.05, 0) is 49.8 Å². The summed E-state index contributed by atoms with van der Waals surface area (Å²) in [5.41, 5.74) is 1.19. The van der Waals surface area contributed by atoms with Crippen LogP contribution in [0.1, 0.15) is 43.0 Å². The summed E-state index contributed by atoms with van der Waals surface area (Å²) in [6, 6.07) is 5.39. The maximum absolute atomic E-state index is 12.3. The minimum Gasteiger partial charge on any atom is -0.482 e. The fourth-order valence-corrected chi connectivity index (χ4v) is 2.89. The van der Waals surface area contributed by atoms with Crippen LogP contribution in [0.25, 0.3) is 0 Å². The third-order valence-corrected chi connectivity index (χ3v) is 4.23. The van der Waals surface area contributed by atoms with E-state index in [1.54, 1.807) is 18.2 Å². The number of ether oxygens (including phenoxy) is 1. The van der Waals surface area contributed by atoms with Crippen LogP contribution in [0.5, 0.6) is 5.75 Å². The lowest BCUT2D eigenvalue weighted by Crippen LogP contribution is -2.37. The van der Waals surface area contributed by atoms with E-state index >= 15 is 0 Å². The molecular weight excluding hydrogens is 268 g/mol. The Morgan fingerprint density at radius 2 is 2.05 bits per heavy atom. The summed E-state index contributed by atoms with van der Waals surface area (Å²) < 4.78 is 5.34. The number of carbonyl (C=O) groups excluding carboxylic acids is 2. The number of rotatable bonds is 2. The summed E-state index contributed by atoms with van der Waals surface area (Å²) in [6.07, 6.45) is 4.43. The third-order valence-electron chi connectivity index (χ3n) is 4.23. The highest BCUT2D eigenvalue weighted by molar-refractivity contribution is 5.99. The Bertz CT molecular complexity index is 563. The molecule has 1 saturated carbocycles. The number of hydrogen-bond acceptors (Lipinski definition) is 3. The highest BCUT2D eigenvalue weighted by atomic mass is 16.5. The van der Waals surface area contributed by atoms with E-state index in [4.69, 9.17) is 4.74 Å². The van der Waals surface area contributed by atoms with Crippen molar-refractivity contribution in [1.82, 2.24) is 5.32 Å². The van der Waals surface area contributed by atoms with Crippen molar-refractivity contribution in [2.45, 2.75) is 38.6 Å². The molecule has 5 heteroatoms. The molecule has 2 amide bonds. The Morgan fingerprint density at radius 3 is 2.81 bits per heavy atom. The molecule has 3 rings (SSSR count). The van der Waals surface area contributed by atoms with Gasteiger partial charge in [0.25, 0.3) is 11.8 Å². The van der Waals surface area contributed by atoms with Crippen LogP contribution >= 0.6 is 0 Å². The normalized spacial score (nSPS) is 24.5. The summed E-state index contributed by atoms with van der Waals surface area (Å²) in [4.78, 5) is 23.5. The lowest BCUT2D eigenvalue weighted by Gasteiger charge is -2.27. The molecule has 0 unspecified atom stereocenters. The Hall–Kier alpha value is -2.04. The van der Waals surface area contributed by atoms with E-state index in [2.05, 4.69) is 17.6 Å². The molecule has 1 aromatic carbocycles. The van der Waals surface area contributed by atoms with Crippen LogP contribution in [0.4, 0.5) is 5.69 Å². The number of nitrogens with one attached hydrogen (secondary N) is 2. The zero-order chi connectivity index (χ0) is 14.8. The van der Waals surface area contributed by atoms with E-state index in [-0.39, 0.29) is 24.5 Å². The van der Waals surface area contributed by atoms with Gasteiger partial charge in [0, 0.05) is 11.6 Å². The second-order valence-electron chi connectivity index (χ2n) is 5.98. The Morgan fingerprint density at radius 1 is 1.29 bits per heavy atom. The molecule has 112 valence electrons. The van der Waals surface area contributed by atoms with Gasteiger partial charge in [-0.25, -0.2) is 0 Å². The number of fused-ring (bicyclic) bond motifs is 1. The van der Waals surface area contributed by atoms with Crippen LogP contribution in [0.3, 0.4) is 0 Å². The molecule has 0 aromatic heterocycles. The molecule has 1 aromatic rings. The van der Waals surface area contributed by atoms with Gasteiger partial charge >= 0.3 is 0 Å². The first-order chi connectivity index (χ1) is 10.1. The second-order valence-corrected chi connectivity index (χ2v) is 5.98. The van der Waals surface area contributed by atoms with Crippen LogP contribution in [0, 0.1) is 5.92 Å². The number of carbonyl (C=O) groups is 2. The number of amides is 2. The van der Waals surface area contributed by atoms with E-state index in [9.17, 15) is 9.59 Å². The van der Waals surface area contributed by atoms with Crippen LogP contribution in [-0.4, -0.2) is 24.5 Å². The molecule has 2 N–H and O–H groups in total. The second kappa shape index (κ2) is 5.76. The van der Waals surface area contributed by atoms with Crippen molar-refractivity contribution in [1.29, 1.82) is 0 Å². The minimum absolute atomic E-state index is 0.00140. The molecule has 5 nitrogen and oxygen atoms in total. The standard InChI is InChI=1S/C16H20N2O3/c1-10-2-5-12(6-3-10)17-16(20)11-4-7-13-14(8-11)21-9-15(19)18-13/h4,7-8,10,12H,2-3,5-6,9H2,1H3,(H,17,20)(H,18,19). The number of hydrogen-bond donors (Lipinski definition) is 2. The van der Waals surface area contributed by atoms with Gasteiger partial charge in [0.2, 0.25) is 0 Å². The summed E-state index contributed by atoms with van der Waals surface area (Å²) in [7, 11) is 0. The molecule has 0 saturated heterocycles. The fourth-order valence-electron chi connectivity index (χ4n) is 2.89. The zero-order valence-corrected chi connectivity index (χ0v) is 12.1. The van der Waals surface area contributed by atoms with Crippen LogP contribution in [0.15, 0.2) is 18.2 Å². The maximum Gasteiger partial charge on any atom is 0.262 e. The van der Waals surface area contributed by atoms with E-state index in [0.717, 1.165) is 18.8 Å². The molecule has 2 aliphatic rings. The highest BCUT2D eigenvalue weighted by Crippen LogP contribution is 2.29. The lowest BCUT2D eigenvalue weighted by molar-refractivity contribution is -0.118. The van der Waals surface area contributed by atoms with Crippen LogP contribution < -0.4 is 15.4 Å². The van der Waals surface area contributed by atoms with Gasteiger partial charge in [0.05, 0.1) is 5.69 Å². The zero-order valence-electron chi connectivity index (χ0n) is 12.1. The van der Waals surface area contributed by atoms with Gasteiger partial charge in [-0.2, -0.15) is 0 Å². The molecule has 1 aliphatic heterocycles. The Balaban J connectivity index is 1.66. The minimum atomic E-state index is -0.170. The first-order valence-electron chi connectivity index (χ1n) is 7.49. The van der Waals surface area contributed by atoms with E-state index in [1.807, 2.05) is 0 Å². The lowest BCUT2D eigenvalue weighted by atomic mass is 9.87. The average molecular weight is 288 g/mol. The van der Waals surface area contributed by atoms with Crippen molar-refractivity contribution in [3.05, 3.63) is 23.8 Å². The van der Waals surface area contributed by atoms with Crippen LogP contribution in [-0.2, 0) is 4.79 Å². The molecule has 1 fully saturated rings. The van der Waals surface area contributed by atoms with Crippen molar-refractivity contribution < 1.29 is 14.3 Å². The number of benzene rings is 1. The number of anilines is 1. The summed E-state index contributed by atoms with van der Waals surface area (Å²) in [6.45, 7) is 2.26. The summed E-state index contributed by atoms with van der Waals surface area (Å²) >= 11 is 0. The Kier molecular flexibility index (Phi) is 3.82. The van der Waals surface area contributed by atoms with Gasteiger partial charge in [0.1, 0.15) is 5.75 Å². The first kappa shape index (κ1) is 13.9. The molecule has 0 bridgehead atoms. The van der Waals surface area contributed by atoms with Crippen molar-refractivity contribution in [2.75, 3.05) is 11.9 Å². The molecule has 21 heavy (non-hydrogen) atoms. The topological polar surface area (TPSA) is 67.4 Å². The van der Waals surface area contributed by atoms with E-state index in [1.165, 1.54) is 12.8 Å². The van der Waals surface area contributed by atoms with Crippen LogP contribution in [0.2, 0.25) is 0 Å². The van der Waals surface area contributed by atoms with Gasteiger partial charge in [-0.3, -0.25) is 9.59 Å². The monoisotopic (exact) mass is 288 g/mol. The maximum atomic E-state index is 12.3. The van der Waals surface area contributed by atoms with Crippen molar-refractivity contribution in [2.24, 2.45) is 5.92 Å². The predicted octanol–water partition coefficient (Wildman–Crippen LogP) is 2.33. The quantitative estimate of drug-likeness (QED) is 0.877. The highest BCUT2D eigenvalue weighted by Gasteiger charge is 2.22. The molecule has 1 heterocycles. The molecule has 0 atom stereocenters. The third kappa shape index (κ3) is 3.17. The fraction of sp³-hybridized carbons (Fsp3) is 0.500. The SMILES string of the molecule is CC1CCC(NC(=O)c2ccc3c(c2)OCC(=O)N3)CC1. The molecular formula is C16H20N2O3. The first-order valence-corrected chi connectivity index (χ1v) is 7.49. The smallest absolute Gasteiger partial charge is 0.262 e. The molecule has 0 radical (unpaired) electrons. The Labute approximate surface area is 124 Å². The van der Waals surface area contributed by atoms with Gasteiger partial charge in [-0.15, -0.1) is 0 Å². The van der Waals surface area contributed by atoms with E-state index < -0.39 is 0 Å². The summed E-state index contributed by atoms with van der Waals surface area (Å²) in [5.74, 6) is 1.08. The van der Waals surface area contributed by atoms with Gasteiger partial charge in [0.15, 0.2) is 6.61 Å². The van der Waals surface area contributed by atoms with Crippen molar-refractivity contribution in [3.8, 4) is 5.75 Å². The van der Waals surface area contributed by atoms with Crippen molar-refractivity contribution >= 4 is 17.5 Å². The van der Waals surface area contributed by atoms with E-state index in [0.29, 0.717) is 17.0 Å². The van der Waals surface area contributed by atoms with Crippen molar-refractivity contribution in [3.63, 3.8) is 0 Å². The summed E-state index contributed by atoms with van der Waals surface area (Å²) in [5, 5.41) is 5.81. The van der Waals surface area contributed by atoms with Gasteiger partial charge < -0.3 is 15.4 Å².